The van der Waals surface area contributed by atoms with Gasteiger partial charge in [0.25, 0.3) is 0 Å². The molecule has 5 aliphatic rings. The molecule has 34 heavy (non-hydrogen) atoms. The Hall–Kier alpha value is -2.01. The smallest absolute Gasteiger partial charge is 0.147 e. The molecular weight excluding hydrogens is 428 g/mol. The highest BCUT2D eigenvalue weighted by molar-refractivity contribution is 5.63. The molecule has 2 saturated carbocycles. The Morgan fingerprint density at radius 1 is 1.18 bits per heavy atom. The fourth-order valence-corrected chi connectivity index (χ4v) is 5.46. The summed E-state index contributed by atoms with van der Waals surface area (Å²) in [5, 5.41) is 10.1. The Labute approximate surface area is 203 Å². The van der Waals surface area contributed by atoms with Gasteiger partial charge in [0, 0.05) is 55.9 Å². The molecule has 0 amide bonds. The van der Waals surface area contributed by atoms with Gasteiger partial charge < -0.3 is 19.2 Å². The third-order valence-electron chi connectivity index (χ3n) is 8.01. The van der Waals surface area contributed by atoms with Crippen molar-refractivity contribution in [3.63, 3.8) is 0 Å². The lowest BCUT2D eigenvalue weighted by molar-refractivity contribution is -0.113. The van der Waals surface area contributed by atoms with E-state index >= 15 is 0 Å². The first-order valence-electron chi connectivity index (χ1n) is 13.0. The SMILES string of the molecule is CN1CCN(c2nc(C3CC3)c3c(c2C#N)CC(C)(C)OC3)CC1C1CC1.O=CCC1COC1. The van der Waals surface area contributed by atoms with Gasteiger partial charge in [0.1, 0.15) is 18.2 Å². The van der Waals surface area contributed by atoms with Gasteiger partial charge in [0.2, 0.25) is 0 Å². The number of hydrogen-bond acceptors (Lipinski definition) is 7. The van der Waals surface area contributed by atoms with Gasteiger partial charge in [-0.05, 0) is 58.1 Å². The summed E-state index contributed by atoms with van der Waals surface area (Å²) in [4.78, 5) is 19.8. The highest BCUT2D eigenvalue weighted by Gasteiger charge is 2.40. The summed E-state index contributed by atoms with van der Waals surface area (Å²) in [6.45, 7) is 9.47. The minimum absolute atomic E-state index is 0.212. The van der Waals surface area contributed by atoms with E-state index in [4.69, 9.17) is 14.5 Å². The average molecular weight is 467 g/mol. The van der Waals surface area contributed by atoms with Crippen LogP contribution in [0.5, 0.6) is 0 Å². The van der Waals surface area contributed by atoms with Crippen LogP contribution in [0.3, 0.4) is 0 Å². The molecule has 1 unspecified atom stereocenters. The number of piperazine rings is 1. The van der Waals surface area contributed by atoms with Gasteiger partial charge in [0.15, 0.2) is 0 Å². The van der Waals surface area contributed by atoms with Crippen LogP contribution in [0.4, 0.5) is 5.82 Å². The van der Waals surface area contributed by atoms with Gasteiger partial charge in [0.05, 0.1) is 36.7 Å². The number of nitrogens with zero attached hydrogens (tertiary/aromatic N) is 4. The van der Waals surface area contributed by atoms with Crippen LogP contribution < -0.4 is 4.90 Å². The molecule has 0 spiro atoms. The number of rotatable bonds is 5. The predicted molar refractivity (Wildman–Crippen MR) is 130 cm³/mol. The molecule has 7 heteroatoms. The number of carbonyl (C=O) groups is 1. The number of pyridine rings is 1. The summed E-state index contributed by atoms with van der Waals surface area (Å²) in [6.07, 6.45) is 7.59. The number of aromatic nitrogens is 1. The van der Waals surface area contributed by atoms with Crippen molar-refractivity contribution >= 4 is 12.1 Å². The van der Waals surface area contributed by atoms with Crippen molar-refractivity contribution in [3.8, 4) is 6.07 Å². The first-order chi connectivity index (χ1) is 16.4. The van der Waals surface area contributed by atoms with Crippen LogP contribution in [0.1, 0.15) is 74.3 Å². The normalized spacial score (nSPS) is 26.5. The first-order valence-corrected chi connectivity index (χ1v) is 13.0. The van der Waals surface area contributed by atoms with E-state index in [-0.39, 0.29) is 5.60 Å². The zero-order valence-corrected chi connectivity index (χ0v) is 20.9. The molecule has 7 nitrogen and oxygen atoms in total. The lowest BCUT2D eigenvalue weighted by Crippen LogP contribution is -2.53. The average Bonchev–Trinajstić information content (AvgIpc) is 3.68. The largest absolute Gasteiger partial charge is 0.381 e. The van der Waals surface area contributed by atoms with E-state index in [0.29, 0.717) is 30.9 Å². The molecule has 184 valence electrons. The Morgan fingerprint density at radius 2 is 1.94 bits per heavy atom. The lowest BCUT2D eigenvalue weighted by Gasteiger charge is -2.41. The zero-order chi connectivity index (χ0) is 23.9. The van der Waals surface area contributed by atoms with Gasteiger partial charge in [-0.25, -0.2) is 4.98 Å². The van der Waals surface area contributed by atoms with E-state index in [0.717, 1.165) is 62.9 Å². The summed E-state index contributed by atoms with van der Waals surface area (Å²) in [5.74, 6) is 2.89. The summed E-state index contributed by atoms with van der Waals surface area (Å²) < 4.78 is 10.9. The van der Waals surface area contributed by atoms with Crippen LogP contribution in [0, 0.1) is 23.2 Å². The molecule has 1 aromatic heterocycles. The Balaban J connectivity index is 0.000000297. The summed E-state index contributed by atoms with van der Waals surface area (Å²) in [7, 11) is 2.25. The van der Waals surface area contributed by atoms with Crippen molar-refractivity contribution in [1.82, 2.24) is 9.88 Å². The van der Waals surface area contributed by atoms with Crippen molar-refractivity contribution in [1.29, 1.82) is 5.26 Å². The van der Waals surface area contributed by atoms with Gasteiger partial charge in [-0.1, -0.05) is 0 Å². The number of likely N-dealkylation sites (N-methyl/N-ethyl adjacent to an activating group) is 1. The monoisotopic (exact) mass is 466 g/mol. The lowest BCUT2D eigenvalue weighted by atomic mass is 9.87. The van der Waals surface area contributed by atoms with E-state index in [9.17, 15) is 10.1 Å². The van der Waals surface area contributed by atoms with Crippen molar-refractivity contribution in [2.24, 2.45) is 11.8 Å². The number of hydrogen-bond donors (Lipinski definition) is 0. The van der Waals surface area contributed by atoms with Crippen LogP contribution in [-0.4, -0.2) is 67.7 Å². The molecule has 4 fully saturated rings. The predicted octanol–water partition coefficient (Wildman–Crippen LogP) is 3.43. The maximum Gasteiger partial charge on any atom is 0.147 e. The fourth-order valence-electron chi connectivity index (χ4n) is 5.46. The molecule has 1 aromatic rings. The Kier molecular flexibility index (Phi) is 6.67. The molecule has 0 aromatic carbocycles. The quantitative estimate of drug-likeness (QED) is 0.615. The van der Waals surface area contributed by atoms with E-state index < -0.39 is 0 Å². The van der Waals surface area contributed by atoms with Crippen molar-refractivity contribution in [3.05, 3.63) is 22.4 Å². The third kappa shape index (κ3) is 5.00. The molecule has 0 bridgehead atoms. The Morgan fingerprint density at radius 3 is 2.50 bits per heavy atom. The summed E-state index contributed by atoms with van der Waals surface area (Å²) in [5.41, 5.74) is 4.24. The van der Waals surface area contributed by atoms with Gasteiger partial charge in [-0.3, -0.25) is 4.90 Å². The van der Waals surface area contributed by atoms with Gasteiger partial charge >= 0.3 is 0 Å². The molecule has 2 saturated heterocycles. The fraction of sp³-hybridized carbons (Fsp3) is 0.741. The maximum absolute atomic E-state index is 10.1. The maximum atomic E-state index is 10.1. The molecule has 2 aliphatic carbocycles. The summed E-state index contributed by atoms with van der Waals surface area (Å²) in [6, 6.07) is 3.15. The number of anilines is 1. The van der Waals surface area contributed by atoms with E-state index in [1.807, 2.05) is 0 Å². The van der Waals surface area contributed by atoms with E-state index in [2.05, 4.69) is 36.8 Å². The van der Waals surface area contributed by atoms with Crippen molar-refractivity contribution in [2.45, 2.75) is 76.5 Å². The minimum atomic E-state index is -0.212. The number of aldehydes is 1. The number of nitriles is 1. The van der Waals surface area contributed by atoms with Gasteiger partial charge in [-0.2, -0.15) is 5.26 Å². The molecule has 4 heterocycles. The van der Waals surface area contributed by atoms with Crippen LogP contribution in [-0.2, 0) is 27.3 Å². The topological polar surface area (TPSA) is 78.7 Å². The second-order valence-corrected chi connectivity index (χ2v) is 11.4. The second-order valence-electron chi connectivity index (χ2n) is 11.4. The van der Waals surface area contributed by atoms with Crippen LogP contribution in [0.15, 0.2) is 0 Å². The standard InChI is InChI=1S/C22H30N4O.C5H8O2/c1-22(2)10-16-17(11-23)21(24-20(15-6-7-15)18(16)13-27-22)26-9-8-25(3)19(12-26)14-4-5-14;6-2-1-5-3-7-4-5/h14-15,19H,4-10,12-13H2,1-3H3;2,5H,1,3-4H2. The number of ether oxygens (including phenoxy) is 2. The van der Waals surface area contributed by atoms with E-state index in [1.54, 1.807) is 0 Å². The Bertz CT molecular complexity index is 960. The second kappa shape index (κ2) is 9.56. The van der Waals surface area contributed by atoms with E-state index in [1.165, 1.54) is 42.5 Å². The molecule has 1 atom stereocenters. The molecule has 0 N–H and O–H groups in total. The first kappa shape index (κ1) is 23.7. The number of fused-ring (bicyclic) bond motifs is 1. The minimum Gasteiger partial charge on any atom is -0.381 e. The zero-order valence-electron chi connectivity index (χ0n) is 20.9. The number of carbonyl (C=O) groups excluding carboxylic acids is 1. The van der Waals surface area contributed by atoms with Crippen molar-refractivity contribution in [2.75, 3.05) is 44.8 Å². The molecular formula is C27H38N4O3. The molecule has 0 radical (unpaired) electrons. The van der Waals surface area contributed by atoms with Gasteiger partial charge in [-0.15, -0.1) is 0 Å². The highest BCUT2D eigenvalue weighted by atomic mass is 16.5. The van der Waals surface area contributed by atoms with Crippen LogP contribution in [0.25, 0.3) is 0 Å². The summed E-state index contributed by atoms with van der Waals surface area (Å²) >= 11 is 0. The van der Waals surface area contributed by atoms with Crippen LogP contribution in [0.2, 0.25) is 0 Å². The highest BCUT2D eigenvalue weighted by Crippen LogP contribution is 2.46. The molecule has 6 rings (SSSR count). The third-order valence-corrected chi connectivity index (χ3v) is 8.01. The van der Waals surface area contributed by atoms with Crippen LogP contribution >= 0.6 is 0 Å². The molecule has 3 aliphatic heterocycles. The van der Waals surface area contributed by atoms with Crippen molar-refractivity contribution < 1.29 is 14.3 Å².